The summed E-state index contributed by atoms with van der Waals surface area (Å²) in [5, 5.41) is 6.27. The molecule has 7 heteroatoms. The zero-order valence-corrected chi connectivity index (χ0v) is 16.4. The summed E-state index contributed by atoms with van der Waals surface area (Å²) in [6.45, 7) is 5.37. The fraction of sp³-hybridized carbons (Fsp3) is 0.500. The van der Waals surface area contributed by atoms with Crippen molar-refractivity contribution in [3.8, 4) is 11.5 Å². The van der Waals surface area contributed by atoms with Crippen molar-refractivity contribution in [2.75, 3.05) is 26.3 Å². The van der Waals surface area contributed by atoms with Crippen LogP contribution in [-0.2, 0) is 6.54 Å². The molecule has 1 N–H and O–H groups in total. The third-order valence-electron chi connectivity index (χ3n) is 4.95. The highest BCUT2D eigenvalue weighted by molar-refractivity contribution is 7.09. The largest absolute Gasteiger partial charge is 0.490 e. The van der Waals surface area contributed by atoms with E-state index in [1.54, 1.807) is 11.3 Å². The molecule has 0 spiro atoms. The van der Waals surface area contributed by atoms with Crippen molar-refractivity contribution >= 4 is 17.4 Å². The minimum atomic E-state index is -0.0138. The van der Waals surface area contributed by atoms with Crippen molar-refractivity contribution in [1.29, 1.82) is 0 Å². The molecule has 0 radical (unpaired) electrons. The zero-order chi connectivity index (χ0) is 18.6. The SMILES string of the molecule is Cc1csc([C@H]2CCCN(C(=O)NCc3ccc4c(c3)OCCCO4)C2)n1. The number of urea groups is 1. The number of fused-ring (bicyclic) bond motifs is 1. The van der Waals surface area contributed by atoms with Crippen molar-refractivity contribution in [3.05, 3.63) is 39.8 Å². The smallest absolute Gasteiger partial charge is 0.317 e. The summed E-state index contributed by atoms with van der Waals surface area (Å²) in [5.74, 6) is 1.89. The number of thiazole rings is 1. The summed E-state index contributed by atoms with van der Waals surface area (Å²) in [6, 6.07) is 5.84. The second-order valence-electron chi connectivity index (χ2n) is 7.10. The van der Waals surface area contributed by atoms with Crippen LogP contribution in [0.25, 0.3) is 0 Å². The van der Waals surface area contributed by atoms with E-state index in [4.69, 9.17) is 9.47 Å². The third kappa shape index (κ3) is 4.35. The molecule has 0 saturated carbocycles. The van der Waals surface area contributed by atoms with Crippen LogP contribution >= 0.6 is 11.3 Å². The van der Waals surface area contributed by atoms with Crippen molar-refractivity contribution in [1.82, 2.24) is 15.2 Å². The van der Waals surface area contributed by atoms with Gasteiger partial charge in [0.15, 0.2) is 11.5 Å². The number of hydrogen-bond acceptors (Lipinski definition) is 5. The fourth-order valence-electron chi connectivity index (χ4n) is 3.53. The summed E-state index contributed by atoms with van der Waals surface area (Å²) in [6.07, 6.45) is 3.00. The molecule has 0 unspecified atom stereocenters. The van der Waals surface area contributed by atoms with Gasteiger partial charge in [-0.1, -0.05) is 6.07 Å². The Morgan fingerprint density at radius 1 is 1.30 bits per heavy atom. The number of aromatic nitrogens is 1. The molecule has 1 aromatic heterocycles. The van der Waals surface area contributed by atoms with Gasteiger partial charge in [0.25, 0.3) is 0 Å². The van der Waals surface area contributed by atoms with Crippen molar-refractivity contribution in [3.63, 3.8) is 0 Å². The van der Waals surface area contributed by atoms with E-state index in [-0.39, 0.29) is 6.03 Å². The molecule has 2 aliphatic heterocycles. The van der Waals surface area contributed by atoms with Crippen molar-refractivity contribution < 1.29 is 14.3 Å². The zero-order valence-electron chi connectivity index (χ0n) is 15.6. The first-order valence-corrected chi connectivity index (χ1v) is 10.4. The molecule has 27 heavy (non-hydrogen) atoms. The number of rotatable bonds is 3. The van der Waals surface area contributed by atoms with E-state index >= 15 is 0 Å². The maximum Gasteiger partial charge on any atom is 0.317 e. The van der Waals surface area contributed by atoms with Crippen molar-refractivity contribution in [2.45, 2.75) is 38.6 Å². The van der Waals surface area contributed by atoms with Gasteiger partial charge in [-0.15, -0.1) is 11.3 Å². The first-order valence-electron chi connectivity index (χ1n) is 9.52. The number of nitrogens with one attached hydrogen (secondary N) is 1. The van der Waals surface area contributed by atoms with Gasteiger partial charge in [-0.2, -0.15) is 0 Å². The number of amides is 2. The van der Waals surface area contributed by atoms with Gasteiger partial charge in [0.1, 0.15) is 0 Å². The minimum absolute atomic E-state index is 0.0138. The second kappa shape index (κ2) is 8.17. The monoisotopic (exact) mass is 387 g/mol. The molecule has 1 fully saturated rings. The number of piperidine rings is 1. The van der Waals surface area contributed by atoms with E-state index in [2.05, 4.69) is 15.7 Å². The lowest BCUT2D eigenvalue weighted by Gasteiger charge is -2.31. The molecule has 2 aliphatic rings. The van der Waals surface area contributed by atoms with Crippen LogP contribution in [-0.4, -0.2) is 42.2 Å². The summed E-state index contributed by atoms with van der Waals surface area (Å²) in [7, 11) is 0. The first-order chi connectivity index (χ1) is 13.2. The van der Waals surface area contributed by atoms with E-state index in [1.807, 2.05) is 30.0 Å². The van der Waals surface area contributed by atoms with Gasteiger partial charge in [0.05, 0.1) is 18.2 Å². The molecule has 144 valence electrons. The summed E-state index contributed by atoms with van der Waals surface area (Å²) >= 11 is 1.70. The van der Waals surface area contributed by atoms with Crippen LogP contribution < -0.4 is 14.8 Å². The van der Waals surface area contributed by atoms with Crippen LogP contribution in [0.2, 0.25) is 0 Å². The van der Waals surface area contributed by atoms with Crippen LogP contribution in [0, 0.1) is 6.92 Å². The molecule has 1 saturated heterocycles. The Kier molecular flexibility index (Phi) is 5.48. The minimum Gasteiger partial charge on any atom is -0.490 e. The number of benzene rings is 1. The Hall–Kier alpha value is -2.28. The lowest BCUT2D eigenvalue weighted by molar-refractivity contribution is 0.179. The number of carbonyl (C=O) groups is 1. The predicted molar refractivity (Wildman–Crippen MR) is 105 cm³/mol. The van der Waals surface area contributed by atoms with E-state index < -0.39 is 0 Å². The van der Waals surface area contributed by atoms with Gasteiger partial charge in [-0.3, -0.25) is 0 Å². The van der Waals surface area contributed by atoms with E-state index in [0.29, 0.717) is 25.7 Å². The molecule has 3 heterocycles. The molecule has 6 nitrogen and oxygen atoms in total. The molecule has 2 aromatic rings. The molecule has 1 aromatic carbocycles. The maximum atomic E-state index is 12.6. The van der Waals surface area contributed by atoms with Crippen LogP contribution in [0.3, 0.4) is 0 Å². The van der Waals surface area contributed by atoms with Gasteiger partial charge in [-0.25, -0.2) is 9.78 Å². The van der Waals surface area contributed by atoms with E-state index in [9.17, 15) is 4.79 Å². The fourth-order valence-corrected chi connectivity index (χ4v) is 4.46. The van der Waals surface area contributed by atoms with Crippen LogP contribution in [0.15, 0.2) is 23.6 Å². The van der Waals surface area contributed by atoms with E-state index in [1.165, 1.54) is 0 Å². The number of hydrogen-bond donors (Lipinski definition) is 1. The average molecular weight is 388 g/mol. The molecule has 0 bridgehead atoms. The number of nitrogens with zero attached hydrogens (tertiary/aromatic N) is 2. The maximum absolute atomic E-state index is 12.6. The third-order valence-corrected chi connectivity index (χ3v) is 6.08. The Morgan fingerprint density at radius 2 is 2.15 bits per heavy atom. The van der Waals surface area contributed by atoms with Gasteiger partial charge in [0, 0.05) is 43.0 Å². The molecular formula is C20H25N3O3S. The molecule has 2 amide bonds. The highest BCUT2D eigenvalue weighted by atomic mass is 32.1. The molecular weight excluding hydrogens is 362 g/mol. The predicted octanol–water partition coefficient (Wildman–Crippen LogP) is 3.70. The van der Waals surface area contributed by atoms with E-state index in [0.717, 1.165) is 60.1 Å². The second-order valence-corrected chi connectivity index (χ2v) is 7.99. The van der Waals surface area contributed by atoms with Gasteiger partial charge < -0.3 is 19.7 Å². The van der Waals surface area contributed by atoms with Crippen molar-refractivity contribution in [2.24, 2.45) is 0 Å². The topological polar surface area (TPSA) is 63.7 Å². The van der Waals surface area contributed by atoms with Gasteiger partial charge in [-0.05, 0) is 37.5 Å². The molecule has 0 aliphatic carbocycles. The molecule has 1 atom stereocenters. The Morgan fingerprint density at radius 3 is 2.96 bits per heavy atom. The van der Waals surface area contributed by atoms with Crippen LogP contribution in [0.1, 0.15) is 41.4 Å². The molecule has 4 rings (SSSR count). The summed E-state index contributed by atoms with van der Waals surface area (Å²) in [5.41, 5.74) is 2.07. The number of aryl methyl sites for hydroxylation is 1. The number of ether oxygens (including phenoxy) is 2. The quantitative estimate of drug-likeness (QED) is 0.872. The lowest BCUT2D eigenvalue weighted by atomic mass is 9.99. The van der Waals surface area contributed by atoms with Crippen LogP contribution in [0.5, 0.6) is 11.5 Å². The first kappa shape index (κ1) is 18.1. The average Bonchev–Trinajstić information content (AvgIpc) is 2.99. The highest BCUT2D eigenvalue weighted by Gasteiger charge is 2.26. The summed E-state index contributed by atoms with van der Waals surface area (Å²) < 4.78 is 11.4. The summed E-state index contributed by atoms with van der Waals surface area (Å²) in [4.78, 5) is 19.2. The number of likely N-dealkylation sites (tertiary alicyclic amines) is 1. The standard InChI is InChI=1S/C20H25N3O3S/c1-14-13-27-19(22-14)16-4-2-7-23(12-16)20(24)21-11-15-5-6-17-18(10-15)26-9-3-8-25-17/h5-6,10,13,16H,2-4,7-9,11-12H2,1H3,(H,21,24)/t16-/m0/s1. The normalized spacial score (nSPS) is 19.4. The van der Waals surface area contributed by atoms with Crippen LogP contribution in [0.4, 0.5) is 4.79 Å². The van der Waals surface area contributed by atoms with Gasteiger partial charge in [0.2, 0.25) is 0 Å². The van der Waals surface area contributed by atoms with Gasteiger partial charge >= 0.3 is 6.03 Å². The number of carbonyl (C=O) groups excluding carboxylic acids is 1. The lowest BCUT2D eigenvalue weighted by Crippen LogP contribution is -2.44. The Bertz CT molecular complexity index is 808. The Balaban J connectivity index is 1.34. The highest BCUT2D eigenvalue weighted by Crippen LogP contribution is 2.31. The Labute approximate surface area is 163 Å².